The molecule has 1 heterocycles. The van der Waals surface area contributed by atoms with Crippen molar-refractivity contribution >= 4 is 45.9 Å². The predicted octanol–water partition coefficient (Wildman–Crippen LogP) is 5.42. The molecule has 0 aliphatic heterocycles. The first-order valence-electron chi connectivity index (χ1n) is 10.7. The fourth-order valence-electron chi connectivity index (χ4n) is 3.22. The van der Waals surface area contributed by atoms with Gasteiger partial charge >= 0.3 is 0 Å². The summed E-state index contributed by atoms with van der Waals surface area (Å²) in [5.41, 5.74) is 2.83. The minimum absolute atomic E-state index is 0.0665. The van der Waals surface area contributed by atoms with Crippen LogP contribution in [0.25, 0.3) is 5.69 Å². The molecule has 4 aromatic rings. The van der Waals surface area contributed by atoms with Crippen molar-refractivity contribution in [3.05, 3.63) is 99.6 Å². The highest BCUT2D eigenvalue weighted by atomic mass is 127. The van der Waals surface area contributed by atoms with E-state index in [9.17, 15) is 9.18 Å². The highest BCUT2D eigenvalue weighted by Crippen LogP contribution is 2.23. The Morgan fingerprint density at radius 1 is 0.941 bits per heavy atom. The standard InChI is InChI=1S/C25H23FIN5OS/c26-19-8-6-18(7-9-19)16-29-24(33)14-15-34-25-31-30-23(32(25)22-4-2-1-3-5-22)17-28-21-12-10-20(27)11-13-21/h1-13,28H,14-17H2,(H,29,33). The van der Waals surface area contributed by atoms with Crippen molar-refractivity contribution in [3.8, 4) is 5.69 Å². The number of amides is 1. The van der Waals surface area contributed by atoms with E-state index in [2.05, 4.69) is 43.4 Å². The van der Waals surface area contributed by atoms with Gasteiger partial charge in [-0.05, 0) is 76.7 Å². The van der Waals surface area contributed by atoms with E-state index in [1.54, 1.807) is 12.1 Å². The number of para-hydroxylation sites is 1. The quantitative estimate of drug-likeness (QED) is 0.192. The molecule has 174 valence electrons. The number of anilines is 1. The SMILES string of the molecule is O=C(CCSc1nnc(CNc2ccc(I)cc2)n1-c1ccccc1)NCc1ccc(F)cc1. The third-order valence-electron chi connectivity index (χ3n) is 4.97. The van der Waals surface area contributed by atoms with Crippen LogP contribution in [0.4, 0.5) is 10.1 Å². The van der Waals surface area contributed by atoms with E-state index >= 15 is 0 Å². The summed E-state index contributed by atoms with van der Waals surface area (Å²) in [6.07, 6.45) is 0.337. The number of aromatic nitrogens is 3. The molecule has 0 spiro atoms. The van der Waals surface area contributed by atoms with Crippen molar-refractivity contribution in [2.75, 3.05) is 11.1 Å². The number of halogens is 2. The minimum atomic E-state index is -0.290. The molecule has 0 radical (unpaired) electrons. The molecule has 1 amide bonds. The van der Waals surface area contributed by atoms with Crippen molar-refractivity contribution < 1.29 is 9.18 Å². The summed E-state index contributed by atoms with van der Waals surface area (Å²) in [5.74, 6) is 0.989. The highest BCUT2D eigenvalue weighted by Gasteiger charge is 2.15. The second-order valence-corrected chi connectivity index (χ2v) is 9.74. The lowest BCUT2D eigenvalue weighted by Crippen LogP contribution is -2.23. The first-order chi connectivity index (χ1) is 16.6. The molecular formula is C25H23FIN5OS. The molecule has 0 aliphatic carbocycles. The summed E-state index contributed by atoms with van der Waals surface area (Å²) in [7, 11) is 0. The maximum absolute atomic E-state index is 13.0. The topological polar surface area (TPSA) is 71.8 Å². The fourth-order valence-corrected chi connectivity index (χ4v) is 4.49. The van der Waals surface area contributed by atoms with Crippen molar-refractivity contribution in [2.24, 2.45) is 0 Å². The van der Waals surface area contributed by atoms with Crippen LogP contribution in [-0.4, -0.2) is 26.4 Å². The Labute approximate surface area is 215 Å². The lowest BCUT2D eigenvalue weighted by molar-refractivity contribution is -0.120. The molecule has 6 nitrogen and oxygen atoms in total. The van der Waals surface area contributed by atoms with Crippen LogP contribution in [0.1, 0.15) is 17.8 Å². The zero-order chi connectivity index (χ0) is 23.8. The molecule has 0 fully saturated rings. The number of hydrogen-bond donors (Lipinski definition) is 2. The normalized spacial score (nSPS) is 10.8. The van der Waals surface area contributed by atoms with E-state index < -0.39 is 0 Å². The second-order valence-electron chi connectivity index (χ2n) is 7.43. The van der Waals surface area contributed by atoms with Crippen LogP contribution in [0.3, 0.4) is 0 Å². The van der Waals surface area contributed by atoms with Gasteiger partial charge in [-0.1, -0.05) is 42.1 Å². The van der Waals surface area contributed by atoms with Crippen LogP contribution in [0.5, 0.6) is 0 Å². The molecule has 0 aliphatic rings. The lowest BCUT2D eigenvalue weighted by Gasteiger charge is -2.11. The van der Waals surface area contributed by atoms with E-state index in [0.717, 1.165) is 27.9 Å². The smallest absolute Gasteiger partial charge is 0.221 e. The number of benzene rings is 3. The summed E-state index contributed by atoms with van der Waals surface area (Å²) < 4.78 is 16.2. The molecule has 9 heteroatoms. The fraction of sp³-hybridized carbons (Fsp3) is 0.160. The molecular weight excluding hydrogens is 564 g/mol. The van der Waals surface area contributed by atoms with Crippen LogP contribution in [0, 0.1) is 9.39 Å². The van der Waals surface area contributed by atoms with Gasteiger partial charge in [-0.3, -0.25) is 9.36 Å². The van der Waals surface area contributed by atoms with Gasteiger partial charge in [0.05, 0.1) is 6.54 Å². The maximum Gasteiger partial charge on any atom is 0.221 e. The summed E-state index contributed by atoms with van der Waals surface area (Å²) in [6, 6.07) is 24.2. The third kappa shape index (κ3) is 6.80. The van der Waals surface area contributed by atoms with Crippen molar-refractivity contribution in [1.29, 1.82) is 0 Å². The van der Waals surface area contributed by atoms with Crippen LogP contribution in [0.2, 0.25) is 0 Å². The van der Waals surface area contributed by atoms with E-state index in [4.69, 9.17) is 0 Å². The third-order valence-corrected chi connectivity index (χ3v) is 6.62. The molecule has 2 N–H and O–H groups in total. The highest BCUT2D eigenvalue weighted by molar-refractivity contribution is 14.1. The van der Waals surface area contributed by atoms with Gasteiger partial charge in [0.2, 0.25) is 5.91 Å². The number of thioether (sulfide) groups is 1. The number of carbonyl (C=O) groups excluding carboxylic acids is 1. The average molecular weight is 587 g/mol. The largest absolute Gasteiger partial charge is 0.378 e. The van der Waals surface area contributed by atoms with Crippen molar-refractivity contribution in [3.63, 3.8) is 0 Å². The van der Waals surface area contributed by atoms with E-state index in [1.807, 2.05) is 59.2 Å². The Kier molecular flexibility index (Phi) is 8.53. The Bertz CT molecular complexity index is 1220. The van der Waals surface area contributed by atoms with Crippen molar-refractivity contribution in [1.82, 2.24) is 20.1 Å². The first-order valence-corrected chi connectivity index (χ1v) is 12.8. The van der Waals surface area contributed by atoms with Crippen LogP contribution >= 0.6 is 34.4 Å². The predicted molar refractivity (Wildman–Crippen MR) is 141 cm³/mol. The van der Waals surface area contributed by atoms with Gasteiger partial charge in [0, 0.05) is 33.7 Å². The van der Waals surface area contributed by atoms with E-state index in [1.165, 1.54) is 27.5 Å². The van der Waals surface area contributed by atoms with Gasteiger partial charge in [-0.25, -0.2) is 4.39 Å². The Morgan fingerprint density at radius 2 is 1.68 bits per heavy atom. The Morgan fingerprint density at radius 3 is 2.41 bits per heavy atom. The number of nitrogens with zero attached hydrogens (tertiary/aromatic N) is 3. The van der Waals surface area contributed by atoms with E-state index in [0.29, 0.717) is 25.3 Å². The number of nitrogens with one attached hydrogen (secondary N) is 2. The molecule has 0 unspecified atom stereocenters. The van der Waals surface area contributed by atoms with E-state index in [-0.39, 0.29) is 11.7 Å². The molecule has 0 saturated heterocycles. The summed E-state index contributed by atoms with van der Waals surface area (Å²) in [5, 5.41) is 15.8. The summed E-state index contributed by atoms with van der Waals surface area (Å²) >= 11 is 3.77. The molecule has 0 atom stereocenters. The monoisotopic (exact) mass is 587 g/mol. The van der Waals surface area contributed by atoms with Crippen LogP contribution < -0.4 is 10.6 Å². The maximum atomic E-state index is 13.0. The summed E-state index contributed by atoms with van der Waals surface area (Å²) in [4.78, 5) is 12.3. The molecule has 3 aromatic carbocycles. The molecule has 34 heavy (non-hydrogen) atoms. The van der Waals surface area contributed by atoms with Gasteiger partial charge < -0.3 is 10.6 Å². The van der Waals surface area contributed by atoms with Gasteiger partial charge in [0.15, 0.2) is 11.0 Å². The summed E-state index contributed by atoms with van der Waals surface area (Å²) in [6.45, 7) is 0.888. The number of carbonyl (C=O) groups is 1. The second kappa shape index (κ2) is 12.0. The molecule has 4 rings (SSSR count). The molecule has 0 bridgehead atoms. The number of rotatable bonds is 10. The average Bonchev–Trinajstić information content (AvgIpc) is 3.26. The molecule has 0 saturated carbocycles. The zero-order valence-corrected chi connectivity index (χ0v) is 21.2. The van der Waals surface area contributed by atoms with Gasteiger partial charge in [0.1, 0.15) is 5.82 Å². The van der Waals surface area contributed by atoms with Crippen molar-refractivity contribution in [2.45, 2.75) is 24.7 Å². The number of hydrogen-bond acceptors (Lipinski definition) is 5. The minimum Gasteiger partial charge on any atom is -0.378 e. The Hall–Kier alpha value is -2.92. The first kappa shape index (κ1) is 24.2. The molecule has 1 aromatic heterocycles. The Balaban J connectivity index is 1.37. The van der Waals surface area contributed by atoms with Gasteiger partial charge in [-0.15, -0.1) is 10.2 Å². The van der Waals surface area contributed by atoms with Crippen LogP contribution in [-0.2, 0) is 17.9 Å². The lowest BCUT2D eigenvalue weighted by atomic mass is 10.2. The van der Waals surface area contributed by atoms with Crippen LogP contribution in [0.15, 0.2) is 84.0 Å². The zero-order valence-electron chi connectivity index (χ0n) is 18.2. The van der Waals surface area contributed by atoms with Gasteiger partial charge in [0.25, 0.3) is 0 Å². The van der Waals surface area contributed by atoms with Gasteiger partial charge in [-0.2, -0.15) is 0 Å².